The van der Waals surface area contributed by atoms with E-state index in [1.807, 2.05) is 19.2 Å². The Kier molecular flexibility index (Phi) is 14.4. The van der Waals surface area contributed by atoms with Crippen LogP contribution in [0.4, 0.5) is 11.4 Å². The lowest BCUT2D eigenvalue weighted by molar-refractivity contribution is 0.0727. The van der Waals surface area contributed by atoms with E-state index in [2.05, 4.69) is 76.3 Å². The van der Waals surface area contributed by atoms with Crippen LogP contribution in [-0.2, 0) is 9.47 Å². The summed E-state index contributed by atoms with van der Waals surface area (Å²) in [5.74, 6) is 7.39. The third-order valence-electron chi connectivity index (χ3n) is 7.47. The van der Waals surface area contributed by atoms with Crippen LogP contribution in [0.3, 0.4) is 0 Å². The van der Waals surface area contributed by atoms with Crippen molar-refractivity contribution in [3.8, 4) is 17.6 Å². The molecule has 1 aliphatic carbocycles. The Bertz CT molecular complexity index is 1160. The van der Waals surface area contributed by atoms with E-state index in [-0.39, 0.29) is 0 Å². The number of methoxy groups -OCH3 is 3. The summed E-state index contributed by atoms with van der Waals surface area (Å²) in [5.41, 5.74) is 5.62. The fourth-order valence-corrected chi connectivity index (χ4v) is 5.81. The van der Waals surface area contributed by atoms with Gasteiger partial charge in [-0.1, -0.05) is 24.0 Å². The van der Waals surface area contributed by atoms with Gasteiger partial charge in [0.25, 0.3) is 0 Å². The van der Waals surface area contributed by atoms with Gasteiger partial charge in [0.05, 0.1) is 32.6 Å². The van der Waals surface area contributed by atoms with Gasteiger partial charge in [0.2, 0.25) is 0 Å². The first-order chi connectivity index (χ1) is 20.0. The fourth-order valence-electron chi connectivity index (χ4n) is 5.27. The number of aryl methyl sites for hydroxylation is 1. The molecular weight excluding hydrogens is 532 g/mol. The van der Waals surface area contributed by atoms with Crippen molar-refractivity contribution in [2.24, 2.45) is 0 Å². The molecular formula is C33H48N4O3S. The largest absolute Gasteiger partial charge is 0.495 e. The van der Waals surface area contributed by atoms with Crippen molar-refractivity contribution in [1.82, 2.24) is 9.62 Å². The number of hydrogen-bond acceptors (Lipinski definition) is 8. The highest BCUT2D eigenvalue weighted by Gasteiger charge is 2.26. The van der Waals surface area contributed by atoms with E-state index in [4.69, 9.17) is 14.2 Å². The number of nitrogens with zero attached hydrogens (tertiary/aromatic N) is 1. The molecule has 0 unspecified atom stereocenters. The van der Waals surface area contributed by atoms with Crippen molar-refractivity contribution in [2.75, 3.05) is 71.9 Å². The maximum atomic E-state index is 5.54. The van der Waals surface area contributed by atoms with Crippen molar-refractivity contribution in [1.29, 1.82) is 0 Å². The van der Waals surface area contributed by atoms with Gasteiger partial charge in [-0.25, -0.2) is 0 Å². The molecule has 0 spiro atoms. The molecule has 3 rings (SSSR count). The van der Waals surface area contributed by atoms with E-state index in [9.17, 15) is 0 Å². The van der Waals surface area contributed by atoms with Crippen molar-refractivity contribution in [3.05, 3.63) is 53.1 Å². The second-order valence-corrected chi connectivity index (χ2v) is 11.4. The lowest BCUT2D eigenvalue weighted by Crippen LogP contribution is -2.43. The summed E-state index contributed by atoms with van der Waals surface area (Å²) >= 11 is 1.56. The highest BCUT2D eigenvalue weighted by Crippen LogP contribution is 2.30. The normalized spacial score (nSPS) is 17.2. The minimum absolute atomic E-state index is 0.468. The molecule has 7 nitrogen and oxygen atoms in total. The summed E-state index contributed by atoms with van der Waals surface area (Å²) < 4.78 is 19.3. The van der Waals surface area contributed by atoms with Crippen LogP contribution in [0.2, 0.25) is 0 Å². The molecule has 0 heterocycles. The van der Waals surface area contributed by atoms with E-state index in [0.717, 1.165) is 61.1 Å². The van der Waals surface area contributed by atoms with Gasteiger partial charge >= 0.3 is 0 Å². The molecule has 0 bridgehead atoms. The molecule has 0 radical (unpaired) electrons. The SMILES string of the molecule is CNSc1ccc(NCC#C/C(C)=C/c2c(C)cccc2NC2CCC(N(CCOC)CCOC)CC2)c(OC)c1. The molecule has 1 saturated carbocycles. The van der Waals surface area contributed by atoms with Crippen molar-refractivity contribution in [3.63, 3.8) is 0 Å². The number of ether oxygens (including phenoxy) is 3. The predicted octanol–water partition coefficient (Wildman–Crippen LogP) is 6.07. The van der Waals surface area contributed by atoms with E-state index in [1.165, 1.54) is 29.7 Å². The van der Waals surface area contributed by atoms with E-state index in [0.29, 0.717) is 18.6 Å². The van der Waals surface area contributed by atoms with Crippen molar-refractivity contribution in [2.45, 2.75) is 56.5 Å². The standard InChI is InChI=1S/C33H48N4O3S/c1-25(9-8-18-35-32-17-16-29(41-34-3)24-33(32)40-6)23-30-26(2)10-7-11-31(30)36-27-12-14-28(15-13-27)37(19-21-38-4)20-22-39-5/h7,10-11,16-17,23-24,27-28,34-36H,12-15,18-22H2,1-6H3/b25-23+. The molecule has 8 heteroatoms. The smallest absolute Gasteiger partial charge is 0.143 e. The summed E-state index contributed by atoms with van der Waals surface area (Å²) in [5, 5.41) is 7.24. The summed E-state index contributed by atoms with van der Waals surface area (Å²) in [7, 11) is 7.14. The molecule has 2 aromatic carbocycles. The van der Waals surface area contributed by atoms with E-state index < -0.39 is 0 Å². The lowest BCUT2D eigenvalue weighted by Gasteiger charge is -2.37. The Balaban J connectivity index is 1.60. The predicted molar refractivity (Wildman–Crippen MR) is 174 cm³/mol. The van der Waals surface area contributed by atoms with Crippen molar-refractivity contribution >= 4 is 29.4 Å². The quantitative estimate of drug-likeness (QED) is 0.173. The Hall–Kier alpha value is -2.67. The number of benzene rings is 2. The van der Waals surface area contributed by atoms with Crippen LogP contribution in [-0.4, -0.2) is 78.2 Å². The average Bonchev–Trinajstić information content (AvgIpc) is 2.98. The topological polar surface area (TPSA) is 67.0 Å². The minimum Gasteiger partial charge on any atom is -0.495 e. The molecule has 0 atom stereocenters. The van der Waals surface area contributed by atoms with Crippen LogP contribution >= 0.6 is 11.9 Å². The highest BCUT2D eigenvalue weighted by molar-refractivity contribution is 7.97. The van der Waals surface area contributed by atoms with Crippen LogP contribution in [0.15, 0.2) is 46.9 Å². The van der Waals surface area contributed by atoms with E-state index >= 15 is 0 Å². The summed E-state index contributed by atoms with van der Waals surface area (Å²) in [6, 6.07) is 13.7. The van der Waals surface area contributed by atoms with Crippen molar-refractivity contribution < 1.29 is 14.2 Å². The van der Waals surface area contributed by atoms with Gasteiger partial charge in [-0.05, 0) is 100 Å². The first-order valence-electron chi connectivity index (χ1n) is 14.5. The third-order valence-corrected chi connectivity index (χ3v) is 8.16. The molecule has 0 amide bonds. The Morgan fingerprint density at radius 2 is 1.76 bits per heavy atom. The van der Waals surface area contributed by atoms with Crippen LogP contribution in [0.1, 0.15) is 43.7 Å². The number of allylic oxidation sites excluding steroid dienone is 1. The molecule has 41 heavy (non-hydrogen) atoms. The molecule has 1 aliphatic rings. The molecule has 224 valence electrons. The monoisotopic (exact) mass is 580 g/mol. The second-order valence-electron chi connectivity index (χ2n) is 10.4. The van der Waals surface area contributed by atoms with Gasteiger partial charge in [-0.2, -0.15) is 0 Å². The number of nitrogens with one attached hydrogen (secondary N) is 3. The maximum Gasteiger partial charge on any atom is 0.143 e. The van der Waals surface area contributed by atoms with Gasteiger partial charge in [0, 0.05) is 55.5 Å². The summed E-state index contributed by atoms with van der Waals surface area (Å²) in [6.07, 6.45) is 6.88. The van der Waals surface area contributed by atoms with Crippen LogP contribution in [0, 0.1) is 18.8 Å². The first kappa shape index (κ1) is 32.8. The first-order valence-corrected chi connectivity index (χ1v) is 15.3. The molecule has 0 aliphatic heterocycles. The maximum absolute atomic E-state index is 5.54. The second kappa shape index (κ2) is 18.0. The molecule has 0 saturated heterocycles. The molecule has 0 aromatic heterocycles. The third kappa shape index (κ3) is 10.6. The molecule has 1 fully saturated rings. The molecule has 3 N–H and O–H groups in total. The average molecular weight is 581 g/mol. The highest BCUT2D eigenvalue weighted by atomic mass is 32.2. The lowest BCUT2D eigenvalue weighted by atomic mass is 9.89. The van der Waals surface area contributed by atoms with Gasteiger partial charge in [-0.3, -0.25) is 9.62 Å². The van der Waals surface area contributed by atoms with Gasteiger partial charge in [0.15, 0.2) is 0 Å². The Labute approximate surface area is 251 Å². The van der Waals surface area contributed by atoms with Crippen LogP contribution in [0.5, 0.6) is 5.75 Å². The fraction of sp³-hybridized carbons (Fsp3) is 0.515. The van der Waals surface area contributed by atoms with Gasteiger partial charge < -0.3 is 24.8 Å². The summed E-state index contributed by atoms with van der Waals surface area (Å²) in [6.45, 7) is 8.22. The Morgan fingerprint density at radius 3 is 2.41 bits per heavy atom. The summed E-state index contributed by atoms with van der Waals surface area (Å²) in [4.78, 5) is 3.64. The van der Waals surface area contributed by atoms with Crippen LogP contribution in [0.25, 0.3) is 6.08 Å². The number of hydrogen-bond donors (Lipinski definition) is 3. The van der Waals surface area contributed by atoms with E-state index in [1.54, 1.807) is 33.3 Å². The zero-order valence-corrected chi connectivity index (χ0v) is 26.5. The van der Waals surface area contributed by atoms with Crippen LogP contribution < -0.4 is 20.1 Å². The number of anilines is 2. The minimum atomic E-state index is 0.468. The molecule has 2 aromatic rings. The zero-order valence-electron chi connectivity index (χ0n) is 25.6. The zero-order chi connectivity index (χ0) is 29.5. The van der Waals surface area contributed by atoms with Gasteiger partial charge in [-0.15, -0.1) is 0 Å². The number of rotatable bonds is 15. The van der Waals surface area contributed by atoms with Gasteiger partial charge in [0.1, 0.15) is 5.75 Å². The Morgan fingerprint density at radius 1 is 1.02 bits per heavy atom.